The van der Waals surface area contributed by atoms with E-state index in [4.69, 9.17) is 16.3 Å². The van der Waals surface area contributed by atoms with Crippen LogP contribution in [0.3, 0.4) is 0 Å². The molecule has 0 saturated heterocycles. The minimum atomic E-state index is -4.08. The lowest BCUT2D eigenvalue weighted by molar-refractivity contribution is -0.114. The number of anilines is 2. The first-order valence-electron chi connectivity index (χ1n) is 12.6. The summed E-state index contributed by atoms with van der Waals surface area (Å²) in [7, 11) is -4.08. The molecule has 0 atom stereocenters. The maximum absolute atomic E-state index is 13.7. The summed E-state index contributed by atoms with van der Waals surface area (Å²) < 4.78 is 36.1. The summed E-state index contributed by atoms with van der Waals surface area (Å²) in [6.45, 7) is 4.84. The third kappa shape index (κ3) is 5.30. The van der Waals surface area contributed by atoms with Crippen LogP contribution in [0.25, 0.3) is 21.8 Å². The van der Waals surface area contributed by atoms with Gasteiger partial charge in [0.15, 0.2) is 0 Å². The van der Waals surface area contributed by atoms with Gasteiger partial charge in [-0.05, 0) is 86.6 Å². The largest absolute Gasteiger partial charge is 0.494 e. The Hall–Kier alpha value is -4.01. The molecule has 1 heterocycles. The Morgan fingerprint density at radius 3 is 2.28 bits per heavy atom. The van der Waals surface area contributed by atoms with Crippen molar-refractivity contribution < 1.29 is 17.9 Å². The normalized spacial score (nSPS) is 11.6. The molecule has 1 N–H and O–H groups in total. The average Bonchev–Trinajstić information content (AvgIpc) is 3.25. The fourth-order valence-corrected chi connectivity index (χ4v) is 6.27. The molecule has 0 saturated carbocycles. The number of hydrogen-bond acceptors (Lipinski definition) is 4. The number of halogens is 1. The van der Waals surface area contributed by atoms with Gasteiger partial charge in [0, 0.05) is 39.1 Å². The molecule has 0 aliphatic rings. The number of aryl methyl sites for hydroxylation is 1. The van der Waals surface area contributed by atoms with E-state index < -0.39 is 22.5 Å². The van der Waals surface area contributed by atoms with Crippen LogP contribution < -0.4 is 14.4 Å². The summed E-state index contributed by atoms with van der Waals surface area (Å²) >= 11 is 5.98. The molecular weight excluding hydrogens is 534 g/mol. The first-order valence-corrected chi connectivity index (χ1v) is 14.5. The number of hydrogen-bond donors (Lipinski definition) is 1. The van der Waals surface area contributed by atoms with E-state index in [-0.39, 0.29) is 4.90 Å². The van der Waals surface area contributed by atoms with Crippen molar-refractivity contribution in [2.24, 2.45) is 0 Å². The van der Waals surface area contributed by atoms with Crippen LogP contribution in [0, 0.1) is 0 Å². The summed E-state index contributed by atoms with van der Waals surface area (Å²) in [5.41, 5.74) is 3.11. The molecule has 4 aromatic carbocycles. The molecule has 0 radical (unpaired) electrons. The number of amides is 1. The van der Waals surface area contributed by atoms with Crippen molar-refractivity contribution in [2.75, 3.05) is 22.8 Å². The third-order valence-corrected chi connectivity index (χ3v) is 8.54. The monoisotopic (exact) mass is 561 g/mol. The molecule has 0 bridgehead atoms. The smallest absolute Gasteiger partial charge is 0.264 e. The molecule has 5 rings (SSSR count). The molecule has 9 heteroatoms. The number of sulfonamides is 1. The summed E-state index contributed by atoms with van der Waals surface area (Å²) in [5.74, 6) is 0.133. The number of aromatic nitrogens is 1. The van der Waals surface area contributed by atoms with Crippen molar-refractivity contribution in [3.05, 3.63) is 96.0 Å². The number of rotatable bonds is 9. The van der Waals surface area contributed by atoms with Gasteiger partial charge in [-0.25, -0.2) is 8.42 Å². The first-order chi connectivity index (χ1) is 18.8. The minimum absolute atomic E-state index is 0.0300. The van der Waals surface area contributed by atoms with Gasteiger partial charge in [-0.1, -0.05) is 29.8 Å². The lowest BCUT2D eigenvalue weighted by Crippen LogP contribution is -2.38. The molecule has 7 nitrogen and oxygen atoms in total. The Kier molecular flexibility index (Phi) is 7.50. The van der Waals surface area contributed by atoms with E-state index in [0.717, 1.165) is 32.7 Å². The van der Waals surface area contributed by atoms with E-state index in [2.05, 4.69) is 28.9 Å². The highest BCUT2D eigenvalue weighted by Gasteiger charge is 2.27. The minimum Gasteiger partial charge on any atom is -0.494 e. The number of nitrogens with one attached hydrogen (secondary N) is 1. The number of ether oxygens (including phenoxy) is 1. The molecular formula is C30H28ClN3O4S. The second-order valence-electron chi connectivity index (χ2n) is 8.93. The molecule has 0 spiro atoms. The van der Waals surface area contributed by atoms with E-state index in [9.17, 15) is 13.2 Å². The zero-order valence-electron chi connectivity index (χ0n) is 21.6. The Bertz CT molecular complexity index is 1750. The Labute approximate surface area is 232 Å². The molecule has 39 heavy (non-hydrogen) atoms. The van der Waals surface area contributed by atoms with Crippen molar-refractivity contribution in [3.63, 3.8) is 0 Å². The van der Waals surface area contributed by atoms with E-state index in [1.165, 1.54) is 24.3 Å². The zero-order valence-corrected chi connectivity index (χ0v) is 23.2. The molecule has 0 aliphatic heterocycles. The van der Waals surface area contributed by atoms with Gasteiger partial charge in [-0.3, -0.25) is 9.10 Å². The molecule has 5 aromatic rings. The van der Waals surface area contributed by atoms with Gasteiger partial charge in [-0.15, -0.1) is 0 Å². The predicted molar refractivity (Wildman–Crippen MR) is 157 cm³/mol. The van der Waals surface area contributed by atoms with Gasteiger partial charge in [0.05, 0.1) is 17.2 Å². The van der Waals surface area contributed by atoms with Crippen molar-refractivity contribution in [1.29, 1.82) is 0 Å². The number of carbonyl (C=O) groups excluding carboxylic acids is 1. The molecule has 0 fully saturated rings. The highest BCUT2D eigenvalue weighted by atomic mass is 35.5. The van der Waals surface area contributed by atoms with Crippen molar-refractivity contribution in [3.8, 4) is 5.75 Å². The molecule has 0 unspecified atom stereocenters. The van der Waals surface area contributed by atoms with Crippen LogP contribution in [-0.2, 0) is 21.4 Å². The first kappa shape index (κ1) is 26.6. The van der Waals surface area contributed by atoms with Crippen LogP contribution in [0.2, 0.25) is 5.02 Å². The zero-order chi connectivity index (χ0) is 27.6. The topological polar surface area (TPSA) is 80.6 Å². The van der Waals surface area contributed by atoms with Crippen molar-refractivity contribution in [2.45, 2.75) is 25.3 Å². The standard InChI is InChI=1S/C30H28ClN3O4S/c1-3-33-28-8-6-5-7-26(28)27-19-22(11-18-29(27)33)32-30(35)20-34(23-12-14-24(15-13-23)38-4-2)39(36,37)25-16-9-21(31)10-17-25/h5-19H,3-4,20H2,1-2H3,(H,32,35). The van der Waals surface area contributed by atoms with Crippen LogP contribution in [0.1, 0.15) is 13.8 Å². The Morgan fingerprint density at radius 1 is 0.897 bits per heavy atom. The van der Waals surface area contributed by atoms with Gasteiger partial charge in [0.1, 0.15) is 12.3 Å². The van der Waals surface area contributed by atoms with Gasteiger partial charge in [0.2, 0.25) is 5.91 Å². The molecule has 200 valence electrons. The van der Waals surface area contributed by atoms with Crippen molar-refractivity contribution in [1.82, 2.24) is 4.57 Å². The Balaban J connectivity index is 1.47. The van der Waals surface area contributed by atoms with E-state index in [0.29, 0.717) is 28.8 Å². The fraction of sp³-hybridized carbons (Fsp3) is 0.167. The van der Waals surface area contributed by atoms with Gasteiger partial charge < -0.3 is 14.6 Å². The fourth-order valence-electron chi connectivity index (χ4n) is 4.73. The van der Waals surface area contributed by atoms with E-state index in [1.807, 2.05) is 37.3 Å². The van der Waals surface area contributed by atoms with Crippen LogP contribution >= 0.6 is 11.6 Å². The highest BCUT2D eigenvalue weighted by Crippen LogP contribution is 2.31. The van der Waals surface area contributed by atoms with Crippen LogP contribution in [0.4, 0.5) is 11.4 Å². The number of fused-ring (bicyclic) bond motifs is 3. The van der Waals surface area contributed by atoms with Crippen molar-refractivity contribution >= 4 is 60.7 Å². The summed E-state index contributed by atoms with van der Waals surface area (Å²) in [5, 5.41) is 5.41. The molecule has 1 amide bonds. The highest BCUT2D eigenvalue weighted by molar-refractivity contribution is 7.92. The maximum Gasteiger partial charge on any atom is 0.264 e. The number of para-hydroxylation sites is 1. The van der Waals surface area contributed by atoms with Crippen LogP contribution in [0.5, 0.6) is 5.75 Å². The van der Waals surface area contributed by atoms with Gasteiger partial charge >= 0.3 is 0 Å². The lowest BCUT2D eigenvalue weighted by atomic mass is 10.1. The second-order valence-corrected chi connectivity index (χ2v) is 11.2. The summed E-state index contributed by atoms with van der Waals surface area (Å²) in [4.78, 5) is 13.3. The van der Waals surface area contributed by atoms with E-state index >= 15 is 0 Å². The number of carbonyl (C=O) groups is 1. The molecule has 0 aliphatic carbocycles. The lowest BCUT2D eigenvalue weighted by Gasteiger charge is -2.24. The third-order valence-electron chi connectivity index (χ3n) is 6.50. The summed E-state index contributed by atoms with van der Waals surface area (Å²) in [6.07, 6.45) is 0. The van der Waals surface area contributed by atoms with Crippen LogP contribution in [0.15, 0.2) is 95.9 Å². The number of nitrogens with zero attached hydrogens (tertiary/aromatic N) is 2. The maximum atomic E-state index is 13.7. The second kappa shape index (κ2) is 11.0. The quantitative estimate of drug-likeness (QED) is 0.217. The van der Waals surface area contributed by atoms with E-state index in [1.54, 1.807) is 24.3 Å². The Morgan fingerprint density at radius 2 is 1.59 bits per heavy atom. The SMILES string of the molecule is CCOc1ccc(N(CC(=O)Nc2ccc3c(c2)c2ccccc2n3CC)S(=O)(=O)c2ccc(Cl)cc2)cc1. The predicted octanol–water partition coefficient (Wildman–Crippen LogP) is 6.70. The van der Waals surface area contributed by atoms with Gasteiger partial charge in [-0.2, -0.15) is 0 Å². The number of benzene rings is 4. The average molecular weight is 562 g/mol. The van der Waals surface area contributed by atoms with Gasteiger partial charge in [0.25, 0.3) is 10.0 Å². The van der Waals surface area contributed by atoms with Crippen LogP contribution in [-0.4, -0.2) is 32.0 Å². The summed E-state index contributed by atoms with van der Waals surface area (Å²) in [6, 6.07) is 26.3. The molecule has 1 aromatic heterocycles.